The standard InChI is InChI=1S/C23H23FN2O4S/c1-3-17-6-4-5-7-22(17)25-23(27)16-26(19-10-8-18(24)9-11-19)31(28,29)21-14-12-20(30-2)13-15-21/h4-15H,3,16H2,1-2H3,(H,25,27). The van der Waals surface area contributed by atoms with Crippen LogP contribution in [-0.2, 0) is 21.2 Å². The predicted molar refractivity (Wildman–Crippen MR) is 118 cm³/mol. The summed E-state index contributed by atoms with van der Waals surface area (Å²) in [6, 6.07) is 18.1. The second kappa shape index (κ2) is 9.61. The normalized spacial score (nSPS) is 11.1. The van der Waals surface area contributed by atoms with Crippen LogP contribution in [0.15, 0.2) is 77.7 Å². The van der Waals surface area contributed by atoms with Gasteiger partial charge in [-0.1, -0.05) is 25.1 Å². The van der Waals surface area contributed by atoms with Crippen LogP contribution in [0.3, 0.4) is 0 Å². The number of amides is 1. The Morgan fingerprint density at radius 2 is 1.65 bits per heavy atom. The Balaban J connectivity index is 1.94. The third kappa shape index (κ3) is 5.21. The number of para-hydroxylation sites is 1. The molecular formula is C23H23FN2O4S. The van der Waals surface area contributed by atoms with Gasteiger partial charge in [-0.3, -0.25) is 9.10 Å². The SMILES string of the molecule is CCc1ccccc1NC(=O)CN(c1ccc(F)cc1)S(=O)(=O)c1ccc(OC)cc1. The van der Waals surface area contributed by atoms with Crippen LogP contribution >= 0.6 is 0 Å². The van der Waals surface area contributed by atoms with Crippen molar-refractivity contribution < 1.29 is 22.3 Å². The Bertz CT molecular complexity index is 1150. The van der Waals surface area contributed by atoms with Gasteiger partial charge in [0.05, 0.1) is 17.7 Å². The Morgan fingerprint density at radius 1 is 1.00 bits per heavy atom. The van der Waals surface area contributed by atoms with Gasteiger partial charge in [-0.05, 0) is 66.6 Å². The topological polar surface area (TPSA) is 75.7 Å². The molecule has 1 amide bonds. The fourth-order valence-electron chi connectivity index (χ4n) is 3.07. The molecule has 0 aliphatic rings. The third-order valence-corrected chi connectivity index (χ3v) is 6.51. The van der Waals surface area contributed by atoms with Gasteiger partial charge in [0.2, 0.25) is 5.91 Å². The number of benzene rings is 3. The molecule has 31 heavy (non-hydrogen) atoms. The minimum absolute atomic E-state index is 0.0145. The molecule has 0 unspecified atom stereocenters. The number of nitrogens with one attached hydrogen (secondary N) is 1. The lowest BCUT2D eigenvalue weighted by Gasteiger charge is -2.24. The molecule has 0 saturated heterocycles. The zero-order valence-electron chi connectivity index (χ0n) is 17.2. The molecule has 6 nitrogen and oxygen atoms in total. The van der Waals surface area contributed by atoms with Crippen molar-refractivity contribution in [3.8, 4) is 5.75 Å². The van der Waals surface area contributed by atoms with Crippen LogP contribution in [0.5, 0.6) is 5.75 Å². The molecule has 0 aromatic heterocycles. The molecule has 0 aliphatic heterocycles. The fraction of sp³-hybridized carbons (Fsp3) is 0.174. The molecule has 3 rings (SSSR count). The molecule has 0 fully saturated rings. The number of hydrogen-bond acceptors (Lipinski definition) is 4. The average Bonchev–Trinajstić information content (AvgIpc) is 2.78. The van der Waals surface area contributed by atoms with Gasteiger partial charge in [0.15, 0.2) is 0 Å². The number of aryl methyl sites for hydroxylation is 1. The Morgan fingerprint density at radius 3 is 2.26 bits per heavy atom. The van der Waals surface area contributed by atoms with E-state index in [1.54, 1.807) is 12.1 Å². The Kier molecular flexibility index (Phi) is 6.91. The summed E-state index contributed by atoms with van der Waals surface area (Å²) in [4.78, 5) is 12.8. The molecule has 0 spiro atoms. The van der Waals surface area contributed by atoms with Crippen LogP contribution in [-0.4, -0.2) is 28.0 Å². The quantitative estimate of drug-likeness (QED) is 0.567. The molecule has 162 valence electrons. The van der Waals surface area contributed by atoms with Gasteiger partial charge in [-0.25, -0.2) is 12.8 Å². The lowest BCUT2D eigenvalue weighted by Crippen LogP contribution is -2.38. The van der Waals surface area contributed by atoms with Gasteiger partial charge < -0.3 is 10.1 Å². The number of anilines is 2. The summed E-state index contributed by atoms with van der Waals surface area (Å²) < 4.78 is 46.1. The molecule has 0 bridgehead atoms. The van der Waals surface area contributed by atoms with Crippen LogP contribution in [0.25, 0.3) is 0 Å². The van der Waals surface area contributed by atoms with Crippen molar-refractivity contribution >= 4 is 27.3 Å². The van der Waals surface area contributed by atoms with E-state index in [2.05, 4.69) is 5.32 Å². The van der Waals surface area contributed by atoms with Crippen molar-refractivity contribution in [2.24, 2.45) is 0 Å². The van der Waals surface area contributed by atoms with Crippen LogP contribution in [0.2, 0.25) is 0 Å². The highest BCUT2D eigenvalue weighted by molar-refractivity contribution is 7.92. The zero-order chi connectivity index (χ0) is 22.4. The number of nitrogens with zero attached hydrogens (tertiary/aromatic N) is 1. The zero-order valence-corrected chi connectivity index (χ0v) is 18.0. The van der Waals surface area contributed by atoms with E-state index in [0.717, 1.165) is 22.0 Å². The summed E-state index contributed by atoms with van der Waals surface area (Å²) in [5.41, 5.74) is 1.73. The molecule has 0 heterocycles. The highest BCUT2D eigenvalue weighted by Crippen LogP contribution is 2.26. The first-order valence-corrected chi connectivity index (χ1v) is 11.1. The number of carbonyl (C=O) groups is 1. The second-order valence-corrected chi connectivity index (χ2v) is 8.58. The van der Waals surface area contributed by atoms with Gasteiger partial charge in [0, 0.05) is 5.69 Å². The lowest BCUT2D eigenvalue weighted by molar-refractivity contribution is -0.114. The van der Waals surface area contributed by atoms with Gasteiger partial charge in [0.25, 0.3) is 10.0 Å². The first-order chi connectivity index (χ1) is 14.8. The van der Waals surface area contributed by atoms with Crippen LogP contribution < -0.4 is 14.4 Å². The third-order valence-electron chi connectivity index (χ3n) is 4.72. The maximum absolute atomic E-state index is 13.4. The predicted octanol–water partition coefficient (Wildman–Crippen LogP) is 4.23. The molecule has 1 N–H and O–H groups in total. The molecular weight excluding hydrogens is 419 g/mol. The first kappa shape index (κ1) is 22.3. The highest BCUT2D eigenvalue weighted by atomic mass is 32.2. The van der Waals surface area contributed by atoms with Gasteiger partial charge >= 0.3 is 0 Å². The largest absolute Gasteiger partial charge is 0.497 e. The van der Waals surface area contributed by atoms with E-state index in [1.165, 1.54) is 43.5 Å². The number of halogens is 1. The van der Waals surface area contributed by atoms with Gasteiger partial charge in [-0.2, -0.15) is 0 Å². The Labute approximate surface area is 181 Å². The summed E-state index contributed by atoms with van der Waals surface area (Å²) in [5, 5.41) is 2.78. The molecule has 0 radical (unpaired) electrons. The number of sulfonamides is 1. The van der Waals surface area contributed by atoms with Crippen molar-refractivity contribution in [1.29, 1.82) is 0 Å². The van der Waals surface area contributed by atoms with E-state index in [0.29, 0.717) is 17.9 Å². The number of rotatable bonds is 8. The highest BCUT2D eigenvalue weighted by Gasteiger charge is 2.27. The minimum atomic E-state index is -4.10. The smallest absolute Gasteiger partial charge is 0.264 e. The number of ether oxygens (including phenoxy) is 1. The number of carbonyl (C=O) groups excluding carboxylic acids is 1. The molecule has 3 aromatic rings. The summed E-state index contributed by atoms with van der Waals surface area (Å²) in [7, 11) is -2.62. The van der Waals surface area contributed by atoms with Crippen LogP contribution in [0.1, 0.15) is 12.5 Å². The molecule has 0 saturated carbocycles. The minimum Gasteiger partial charge on any atom is -0.497 e. The van der Waals surface area contributed by atoms with Crippen LogP contribution in [0, 0.1) is 5.82 Å². The van der Waals surface area contributed by atoms with E-state index in [1.807, 2.05) is 19.1 Å². The monoisotopic (exact) mass is 442 g/mol. The van der Waals surface area contributed by atoms with E-state index in [4.69, 9.17) is 4.74 Å². The van der Waals surface area contributed by atoms with Crippen molar-refractivity contribution in [2.45, 2.75) is 18.2 Å². The fourth-order valence-corrected chi connectivity index (χ4v) is 4.49. The average molecular weight is 443 g/mol. The van der Waals surface area contributed by atoms with E-state index in [-0.39, 0.29) is 10.6 Å². The summed E-state index contributed by atoms with van der Waals surface area (Å²) in [6.07, 6.45) is 0.711. The van der Waals surface area contributed by atoms with Crippen molar-refractivity contribution in [3.63, 3.8) is 0 Å². The maximum Gasteiger partial charge on any atom is 0.264 e. The summed E-state index contributed by atoms with van der Waals surface area (Å²) in [6.45, 7) is 1.49. The second-order valence-electron chi connectivity index (χ2n) is 6.72. The first-order valence-electron chi connectivity index (χ1n) is 9.65. The molecule has 0 aliphatic carbocycles. The number of methoxy groups -OCH3 is 1. The van der Waals surface area contributed by atoms with E-state index in [9.17, 15) is 17.6 Å². The maximum atomic E-state index is 13.4. The summed E-state index contributed by atoms with van der Waals surface area (Å²) >= 11 is 0. The molecule has 0 atom stereocenters. The lowest BCUT2D eigenvalue weighted by atomic mass is 10.1. The number of hydrogen-bond donors (Lipinski definition) is 1. The summed E-state index contributed by atoms with van der Waals surface area (Å²) in [5.74, 6) is -0.518. The van der Waals surface area contributed by atoms with Gasteiger partial charge in [0.1, 0.15) is 18.1 Å². The molecule has 3 aromatic carbocycles. The van der Waals surface area contributed by atoms with Crippen LogP contribution in [0.4, 0.5) is 15.8 Å². The van der Waals surface area contributed by atoms with E-state index >= 15 is 0 Å². The van der Waals surface area contributed by atoms with Crippen molar-refractivity contribution in [2.75, 3.05) is 23.3 Å². The van der Waals surface area contributed by atoms with Crippen molar-refractivity contribution in [3.05, 3.63) is 84.2 Å². The van der Waals surface area contributed by atoms with E-state index < -0.39 is 28.3 Å². The Hall–Kier alpha value is -3.39. The molecule has 8 heteroatoms. The van der Waals surface area contributed by atoms with Crippen molar-refractivity contribution in [1.82, 2.24) is 0 Å². The van der Waals surface area contributed by atoms with Gasteiger partial charge in [-0.15, -0.1) is 0 Å².